The SMILES string of the molecule is NCC1(CCOc2ccccc2)CCCc2ccccc21. The third-order valence-corrected chi connectivity index (χ3v) is 4.67. The van der Waals surface area contributed by atoms with Gasteiger partial charge in [-0.3, -0.25) is 0 Å². The van der Waals surface area contributed by atoms with E-state index in [4.69, 9.17) is 10.5 Å². The molecule has 0 fully saturated rings. The van der Waals surface area contributed by atoms with Gasteiger partial charge in [0.05, 0.1) is 6.61 Å². The molecule has 0 spiro atoms. The summed E-state index contributed by atoms with van der Waals surface area (Å²) in [6, 6.07) is 18.8. The number of fused-ring (bicyclic) bond motifs is 1. The molecule has 3 rings (SSSR count). The van der Waals surface area contributed by atoms with Gasteiger partial charge in [0, 0.05) is 12.0 Å². The van der Waals surface area contributed by atoms with Gasteiger partial charge in [0.1, 0.15) is 5.75 Å². The predicted octanol–water partition coefficient (Wildman–Crippen LogP) is 3.69. The molecule has 2 nitrogen and oxygen atoms in total. The molecule has 1 atom stereocenters. The summed E-state index contributed by atoms with van der Waals surface area (Å²) in [6.45, 7) is 1.41. The Bertz CT molecular complexity index is 581. The minimum absolute atomic E-state index is 0.0869. The molecule has 2 N–H and O–H groups in total. The summed E-state index contributed by atoms with van der Waals surface area (Å²) in [5.41, 5.74) is 9.17. The molecule has 0 saturated heterocycles. The Kier molecular flexibility index (Phi) is 4.26. The van der Waals surface area contributed by atoms with Gasteiger partial charge in [0.2, 0.25) is 0 Å². The van der Waals surface area contributed by atoms with E-state index in [2.05, 4.69) is 24.3 Å². The zero-order valence-corrected chi connectivity index (χ0v) is 12.4. The van der Waals surface area contributed by atoms with Crippen LogP contribution >= 0.6 is 0 Å². The van der Waals surface area contributed by atoms with Crippen LogP contribution < -0.4 is 10.5 Å². The fourth-order valence-electron chi connectivity index (χ4n) is 3.46. The van der Waals surface area contributed by atoms with Crippen LogP contribution in [0.15, 0.2) is 54.6 Å². The maximum atomic E-state index is 6.18. The summed E-state index contributed by atoms with van der Waals surface area (Å²) in [4.78, 5) is 0. The van der Waals surface area contributed by atoms with Gasteiger partial charge in [-0.25, -0.2) is 0 Å². The first-order valence-electron chi connectivity index (χ1n) is 7.80. The van der Waals surface area contributed by atoms with Crippen LogP contribution in [0.4, 0.5) is 0 Å². The molecule has 0 saturated carbocycles. The molecule has 0 heterocycles. The molecule has 2 aromatic rings. The molecule has 1 aliphatic carbocycles. The van der Waals surface area contributed by atoms with Crippen LogP contribution in [-0.2, 0) is 11.8 Å². The number of ether oxygens (including phenoxy) is 1. The first-order chi connectivity index (χ1) is 10.3. The molecule has 1 unspecified atom stereocenters. The Balaban J connectivity index is 1.73. The molecule has 0 aromatic heterocycles. The topological polar surface area (TPSA) is 35.2 Å². The molecule has 0 radical (unpaired) electrons. The van der Waals surface area contributed by atoms with Crippen molar-refractivity contribution in [3.8, 4) is 5.75 Å². The van der Waals surface area contributed by atoms with Crippen molar-refractivity contribution in [2.24, 2.45) is 5.73 Å². The van der Waals surface area contributed by atoms with Crippen LogP contribution in [0.1, 0.15) is 30.4 Å². The Morgan fingerprint density at radius 1 is 1.00 bits per heavy atom. The van der Waals surface area contributed by atoms with E-state index in [9.17, 15) is 0 Å². The van der Waals surface area contributed by atoms with Gasteiger partial charge in [0.15, 0.2) is 0 Å². The van der Waals surface area contributed by atoms with Crippen molar-refractivity contribution in [1.29, 1.82) is 0 Å². The molecule has 110 valence electrons. The lowest BCUT2D eigenvalue weighted by Crippen LogP contribution is -2.39. The van der Waals surface area contributed by atoms with Crippen LogP contribution in [0.3, 0.4) is 0 Å². The fraction of sp³-hybridized carbons (Fsp3) is 0.368. The standard InChI is InChI=1S/C19H23NO/c20-15-19(13-14-21-17-9-2-1-3-10-17)12-6-8-16-7-4-5-11-18(16)19/h1-5,7,9-11H,6,8,12-15,20H2. The van der Waals surface area contributed by atoms with Gasteiger partial charge in [-0.05, 0) is 48.9 Å². The first kappa shape index (κ1) is 14.2. The largest absolute Gasteiger partial charge is 0.494 e. The summed E-state index contributed by atoms with van der Waals surface area (Å²) in [6.07, 6.45) is 4.55. The van der Waals surface area contributed by atoms with Gasteiger partial charge in [0.25, 0.3) is 0 Å². The molecule has 2 aromatic carbocycles. The molecular weight excluding hydrogens is 258 g/mol. The number of hydrogen-bond donors (Lipinski definition) is 1. The van der Waals surface area contributed by atoms with Crippen LogP contribution in [0.5, 0.6) is 5.75 Å². The maximum Gasteiger partial charge on any atom is 0.119 e. The molecule has 0 amide bonds. The smallest absolute Gasteiger partial charge is 0.119 e. The van der Waals surface area contributed by atoms with Crippen molar-refractivity contribution in [3.05, 3.63) is 65.7 Å². The number of hydrogen-bond acceptors (Lipinski definition) is 2. The maximum absolute atomic E-state index is 6.18. The summed E-state index contributed by atoms with van der Waals surface area (Å²) in [5, 5.41) is 0. The van der Waals surface area contributed by atoms with E-state index in [1.165, 1.54) is 30.4 Å². The van der Waals surface area contributed by atoms with E-state index < -0.39 is 0 Å². The highest BCUT2D eigenvalue weighted by Gasteiger charge is 2.34. The Morgan fingerprint density at radius 2 is 1.76 bits per heavy atom. The minimum Gasteiger partial charge on any atom is -0.494 e. The lowest BCUT2D eigenvalue weighted by molar-refractivity contribution is 0.240. The zero-order chi connectivity index (χ0) is 14.5. The Hall–Kier alpha value is -1.80. The van der Waals surface area contributed by atoms with Crippen LogP contribution in [0, 0.1) is 0 Å². The second kappa shape index (κ2) is 6.31. The molecule has 0 bridgehead atoms. The highest BCUT2D eigenvalue weighted by Crippen LogP contribution is 2.39. The molecule has 0 aliphatic heterocycles. The number of aryl methyl sites for hydroxylation is 1. The number of para-hydroxylation sites is 1. The van der Waals surface area contributed by atoms with E-state index >= 15 is 0 Å². The monoisotopic (exact) mass is 281 g/mol. The third kappa shape index (κ3) is 2.96. The van der Waals surface area contributed by atoms with Gasteiger partial charge in [-0.2, -0.15) is 0 Å². The first-order valence-corrected chi connectivity index (χ1v) is 7.80. The highest BCUT2D eigenvalue weighted by molar-refractivity contribution is 5.37. The van der Waals surface area contributed by atoms with E-state index in [0.29, 0.717) is 6.54 Å². The fourth-order valence-corrected chi connectivity index (χ4v) is 3.46. The van der Waals surface area contributed by atoms with Gasteiger partial charge < -0.3 is 10.5 Å². The van der Waals surface area contributed by atoms with E-state index in [0.717, 1.165) is 18.8 Å². The van der Waals surface area contributed by atoms with Crippen LogP contribution in [-0.4, -0.2) is 13.2 Å². The van der Waals surface area contributed by atoms with E-state index in [-0.39, 0.29) is 5.41 Å². The van der Waals surface area contributed by atoms with Crippen molar-refractivity contribution in [1.82, 2.24) is 0 Å². The number of benzene rings is 2. The summed E-state index contributed by atoms with van der Waals surface area (Å²) in [5.74, 6) is 0.939. The Morgan fingerprint density at radius 3 is 2.57 bits per heavy atom. The molecular formula is C19H23NO. The summed E-state index contributed by atoms with van der Waals surface area (Å²) in [7, 11) is 0. The summed E-state index contributed by atoms with van der Waals surface area (Å²) >= 11 is 0. The zero-order valence-electron chi connectivity index (χ0n) is 12.4. The van der Waals surface area contributed by atoms with Crippen molar-refractivity contribution in [2.45, 2.75) is 31.1 Å². The molecule has 21 heavy (non-hydrogen) atoms. The van der Waals surface area contributed by atoms with Crippen molar-refractivity contribution < 1.29 is 4.74 Å². The van der Waals surface area contributed by atoms with Crippen LogP contribution in [0.2, 0.25) is 0 Å². The Labute approximate surface area is 126 Å². The number of nitrogens with two attached hydrogens (primary N) is 1. The van der Waals surface area contributed by atoms with Crippen molar-refractivity contribution >= 4 is 0 Å². The molecule has 1 aliphatic rings. The lowest BCUT2D eigenvalue weighted by Gasteiger charge is -2.38. The van der Waals surface area contributed by atoms with Gasteiger partial charge in [-0.1, -0.05) is 42.5 Å². The highest BCUT2D eigenvalue weighted by atomic mass is 16.5. The van der Waals surface area contributed by atoms with Gasteiger partial charge in [-0.15, -0.1) is 0 Å². The summed E-state index contributed by atoms with van der Waals surface area (Å²) < 4.78 is 5.90. The van der Waals surface area contributed by atoms with E-state index in [1.807, 2.05) is 30.3 Å². The average molecular weight is 281 g/mol. The van der Waals surface area contributed by atoms with Crippen molar-refractivity contribution in [3.63, 3.8) is 0 Å². The average Bonchev–Trinajstić information content (AvgIpc) is 2.56. The second-order valence-electron chi connectivity index (χ2n) is 5.91. The second-order valence-corrected chi connectivity index (χ2v) is 5.91. The van der Waals surface area contributed by atoms with Crippen molar-refractivity contribution in [2.75, 3.05) is 13.2 Å². The number of rotatable bonds is 5. The normalized spacial score (nSPS) is 20.8. The third-order valence-electron chi connectivity index (χ3n) is 4.67. The molecule has 2 heteroatoms. The minimum atomic E-state index is 0.0869. The lowest BCUT2D eigenvalue weighted by atomic mass is 9.68. The quantitative estimate of drug-likeness (QED) is 0.907. The van der Waals surface area contributed by atoms with E-state index in [1.54, 1.807) is 0 Å². The van der Waals surface area contributed by atoms with Gasteiger partial charge >= 0.3 is 0 Å². The predicted molar refractivity (Wildman–Crippen MR) is 86.7 cm³/mol. The van der Waals surface area contributed by atoms with Crippen LogP contribution in [0.25, 0.3) is 0 Å².